The fraction of sp³-hybridized carbons (Fsp3) is 0.286. The van der Waals surface area contributed by atoms with E-state index in [4.69, 9.17) is 9.47 Å². The number of ether oxygens (including phenoxy) is 2. The molecule has 0 aliphatic carbocycles. The molecule has 0 bridgehead atoms. The first-order valence-electron chi connectivity index (χ1n) is 8.93. The molecule has 1 aliphatic rings. The van der Waals surface area contributed by atoms with Gasteiger partial charge in [-0.1, -0.05) is 30.3 Å². The Morgan fingerprint density at radius 1 is 1.11 bits per heavy atom. The maximum absolute atomic E-state index is 12.4. The molecule has 0 spiro atoms. The lowest BCUT2D eigenvalue weighted by atomic mass is 10.1. The van der Waals surface area contributed by atoms with E-state index in [-0.39, 0.29) is 31.4 Å². The molecule has 3 rings (SSSR count). The molecule has 0 radical (unpaired) electrons. The van der Waals surface area contributed by atoms with Crippen molar-refractivity contribution in [1.29, 1.82) is 0 Å². The number of esters is 1. The normalized spacial score (nSPS) is 16.0. The Morgan fingerprint density at radius 2 is 1.79 bits per heavy atom. The van der Waals surface area contributed by atoms with Crippen LogP contribution in [0.15, 0.2) is 54.6 Å². The summed E-state index contributed by atoms with van der Waals surface area (Å²) in [5, 5.41) is 0. The van der Waals surface area contributed by atoms with Gasteiger partial charge in [0.15, 0.2) is 6.61 Å². The van der Waals surface area contributed by atoms with E-state index in [1.165, 1.54) is 16.9 Å². The first-order chi connectivity index (χ1) is 13.5. The summed E-state index contributed by atoms with van der Waals surface area (Å²) >= 11 is 0. The molecule has 0 saturated carbocycles. The molecule has 2 aromatic carbocycles. The molecule has 146 valence electrons. The molecule has 1 aliphatic heterocycles. The van der Waals surface area contributed by atoms with E-state index in [0.717, 1.165) is 0 Å². The summed E-state index contributed by atoms with van der Waals surface area (Å²) in [5.74, 6) is -1.14. The van der Waals surface area contributed by atoms with Crippen LogP contribution >= 0.6 is 0 Å². The lowest BCUT2D eigenvalue weighted by molar-refractivity contribution is -0.151. The molecule has 1 atom stereocenters. The number of methoxy groups -OCH3 is 1. The van der Waals surface area contributed by atoms with Gasteiger partial charge in [0.25, 0.3) is 5.91 Å². The summed E-state index contributed by atoms with van der Waals surface area (Å²) in [5.41, 5.74) is 1.33. The van der Waals surface area contributed by atoms with Gasteiger partial charge in [0.1, 0.15) is 5.75 Å². The second kappa shape index (κ2) is 8.56. The molecule has 28 heavy (non-hydrogen) atoms. The van der Waals surface area contributed by atoms with Crippen molar-refractivity contribution in [3.63, 3.8) is 0 Å². The number of benzene rings is 2. The van der Waals surface area contributed by atoms with Crippen LogP contribution in [-0.4, -0.2) is 45.1 Å². The lowest BCUT2D eigenvalue weighted by Crippen LogP contribution is -2.33. The molecule has 7 nitrogen and oxygen atoms in total. The van der Waals surface area contributed by atoms with Crippen LogP contribution in [0.25, 0.3) is 0 Å². The Bertz CT molecular complexity index is 868. The van der Waals surface area contributed by atoms with Gasteiger partial charge in [-0.25, -0.2) is 0 Å². The van der Waals surface area contributed by atoms with Gasteiger partial charge in [-0.2, -0.15) is 0 Å². The Hall–Kier alpha value is -3.35. The summed E-state index contributed by atoms with van der Waals surface area (Å²) < 4.78 is 10.5. The molecule has 0 aromatic heterocycles. The molecule has 0 N–H and O–H groups in total. The quantitative estimate of drug-likeness (QED) is 0.717. The van der Waals surface area contributed by atoms with Crippen molar-refractivity contribution < 1.29 is 23.9 Å². The van der Waals surface area contributed by atoms with Crippen LogP contribution in [0.2, 0.25) is 0 Å². The second-order valence-corrected chi connectivity index (χ2v) is 6.47. The van der Waals surface area contributed by atoms with E-state index in [0.29, 0.717) is 17.1 Å². The highest BCUT2D eigenvalue weighted by molar-refractivity contribution is 6.01. The summed E-state index contributed by atoms with van der Waals surface area (Å²) in [6.07, 6.45) is 0.0413. The molecule has 2 amide bonds. The predicted molar refractivity (Wildman–Crippen MR) is 104 cm³/mol. The lowest BCUT2D eigenvalue weighted by Gasteiger charge is -2.19. The third-order valence-electron chi connectivity index (χ3n) is 4.69. The highest BCUT2D eigenvalue weighted by Crippen LogP contribution is 2.33. The monoisotopic (exact) mass is 382 g/mol. The predicted octanol–water partition coefficient (Wildman–Crippen LogP) is 2.25. The van der Waals surface area contributed by atoms with Gasteiger partial charge >= 0.3 is 5.97 Å². The molecule has 1 saturated heterocycles. The van der Waals surface area contributed by atoms with E-state index >= 15 is 0 Å². The first kappa shape index (κ1) is 19.4. The Kier molecular flexibility index (Phi) is 5.93. The van der Waals surface area contributed by atoms with Gasteiger partial charge in [-0.15, -0.1) is 0 Å². The van der Waals surface area contributed by atoms with Crippen LogP contribution in [0.5, 0.6) is 5.75 Å². The molecule has 1 heterocycles. The third kappa shape index (κ3) is 4.14. The maximum Gasteiger partial charge on any atom is 0.311 e. The fourth-order valence-corrected chi connectivity index (χ4v) is 3.09. The van der Waals surface area contributed by atoms with Crippen molar-refractivity contribution in [2.45, 2.75) is 6.42 Å². The van der Waals surface area contributed by atoms with Crippen molar-refractivity contribution in [2.75, 3.05) is 37.1 Å². The highest BCUT2D eigenvalue weighted by atomic mass is 16.5. The van der Waals surface area contributed by atoms with E-state index in [1.807, 2.05) is 24.3 Å². The summed E-state index contributed by atoms with van der Waals surface area (Å²) in [6, 6.07) is 16.2. The van der Waals surface area contributed by atoms with Crippen molar-refractivity contribution in [3.8, 4) is 5.75 Å². The van der Waals surface area contributed by atoms with Gasteiger partial charge in [0.05, 0.1) is 18.7 Å². The van der Waals surface area contributed by atoms with Crippen LogP contribution in [-0.2, 0) is 19.1 Å². The minimum Gasteiger partial charge on any atom is -0.495 e. The minimum absolute atomic E-state index is 0.0413. The van der Waals surface area contributed by atoms with E-state index in [2.05, 4.69) is 0 Å². The first-order valence-corrected chi connectivity index (χ1v) is 8.93. The molecule has 2 aromatic rings. The number of anilines is 2. The number of para-hydroxylation sites is 3. The smallest absolute Gasteiger partial charge is 0.311 e. The highest BCUT2D eigenvalue weighted by Gasteiger charge is 2.37. The van der Waals surface area contributed by atoms with Crippen molar-refractivity contribution in [1.82, 2.24) is 0 Å². The number of nitrogens with zero attached hydrogens (tertiary/aromatic N) is 2. The number of rotatable bonds is 6. The summed E-state index contributed by atoms with van der Waals surface area (Å²) in [7, 11) is 3.15. The van der Waals surface area contributed by atoms with Crippen LogP contribution in [0.1, 0.15) is 6.42 Å². The molecule has 7 heteroatoms. The van der Waals surface area contributed by atoms with Gasteiger partial charge in [-0.3, -0.25) is 14.4 Å². The van der Waals surface area contributed by atoms with E-state index in [9.17, 15) is 14.4 Å². The van der Waals surface area contributed by atoms with Crippen molar-refractivity contribution in [2.24, 2.45) is 5.92 Å². The number of hydrogen-bond acceptors (Lipinski definition) is 5. The van der Waals surface area contributed by atoms with Gasteiger partial charge in [0, 0.05) is 25.7 Å². The molecule has 0 unspecified atom stereocenters. The van der Waals surface area contributed by atoms with E-state index < -0.39 is 11.9 Å². The minimum atomic E-state index is -0.618. The number of hydrogen-bond donors (Lipinski definition) is 0. The summed E-state index contributed by atoms with van der Waals surface area (Å²) in [6.45, 7) is -0.176. The Balaban J connectivity index is 1.58. The number of carbonyl (C=O) groups excluding carboxylic acids is 3. The zero-order chi connectivity index (χ0) is 20.1. The van der Waals surface area contributed by atoms with E-state index in [1.54, 1.807) is 37.4 Å². The molecule has 1 fully saturated rings. The molecular formula is C21H22N2O5. The number of carbonyl (C=O) groups is 3. The van der Waals surface area contributed by atoms with Crippen molar-refractivity contribution >= 4 is 29.2 Å². The maximum atomic E-state index is 12.4. The standard InChI is InChI=1S/C21H22N2O5/c1-22(16-8-4-3-5-9-16)20(25)14-28-21(26)15-12-19(24)23(13-15)17-10-6-7-11-18(17)27-2/h3-11,15H,12-14H2,1-2H3/t15-/m1/s1. The Morgan fingerprint density at radius 3 is 2.50 bits per heavy atom. The van der Waals surface area contributed by atoms with Crippen LogP contribution in [0, 0.1) is 5.92 Å². The summed E-state index contributed by atoms with van der Waals surface area (Å²) in [4.78, 5) is 40.0. The van der Waals surface area contributed by atoms with Gasteiger partial charge < -0.3 is 19.3 Å². The molecular weight excluding hydrogens is 360 g/mol. The van der Waals surface area contributed by atoms with Gasteiger partial charge in [-0.05, 0) is 24.3 Å². The SMILES string of the molecule is COc1ccccc1N1C[C@H](C(=O)OCC(=O)N(C)c2ccccc2)CC1=O. The van der Waals surface area contributed by atoms with Crippen molar-refractivity contribution in [3.05, 3.63) is 54.6 Å². The zero-order valence-electron chi connectivity index (χ0n) is 15.8. The topological polar surface area (TPSA) is 76.2 Å². The number of likely N-dealkylation sites (N-methyl/N-ethyl adjacent to an activating group) is 1. The third-order valence-corrected chi connectivity index (χ3v) is 4.69. The van der Waals surface area contributed by atoms with Crippen LogP contribution in [0.3, 0.4) is 0 Å². The number of amides is 2. The Labute approximate surface area is 163 Å². The fourth-order valence-electron chi connectivity index (χ4n) is 3.09. The zero-order valence-corrected chi connectivity index (χ0v) is 15.8. The largest absolute Gasteiger partial charge is 0.495 e. The average Bonchev–Trinajstić information content (AvgIpc) is 3.13. The van der Waals surface area contributed by atoms with Crippen LogP contribution in [0.4, 0.5) is 11.4 Å². The van der Waals surface area contributed by atoms with Crippen LogP contribution < -0.4 is 14.5 Å². The second-order valence-electron chi connectivity index (χ2n) is 6.47. The van der Waals surface area contributed by atoms with Gasteiger partial charge in [0.2, 0.25) is 5.91 Å². The average molecular weight is 382 g/mol.